The molecule has 2 aliphatic heterocycles. The highest BCUT2D eigenvalue weighted by Crippen LogP contribution is 2.35. The fourth-order valence-corrected chi connectivity index (χ4v) is 2.45. The van der Waals surface area contributed by atoms with Crippen LogP contribution in [0.5, 0.6) is 17.2 Å². The van der Waals surface area contributed by atoms with Crippen molar-refractivity contribution in [3.8, 4) is 17.2 Å². The molecular weight excluding hydrogens is 302 g/mol. The van der Waals surface area contributed by atoms with Crippen molar-refractivity contribution in [3.63, 3.8) is 0 Å². The van der Waals surface area contributed by atoms with Crippen molar-refractivity contribution in [3.05, 3.63) is 18.2 Å². The first-order chi connectivity index (χ1) is 11.1. The molecule has 3 atom stereocenters. The number of hydrogen-bond acceptors (Lipinski definition) is 7. The van der Waals surface area contributed by atoms with Gasteiger partial charge in [0.15, 0.2) is 11.5 Å². The molecule has 126 valence electrons. The Labute approximate surface area is 134 Å². The Balaban J connectivity index is 1.39. The molecule has 1 aromatic rings. The number of amides is 1. The van der Waals surface area contributed by atoms with Crippen molar-refractivity contribution in [2.24, 2.45) is 0 Å². The molecule has 8 nitrogen and oxygen atoms in total. The lowest BCUT2D eigenvalue weighted by Crippen LogP contribution is -2.46. The van der Waals surface area contributed by atoms with Gasteiger partial charge in [-0.15, -0.1) is 0 Å². The molecular formula is C15H21N3O5. The Bertz CT molecular complexity index is 568. The minimum Gasteiger partial charge on any atom is -0.491 e. The topological polar surface area (TPSA) is 101 Å². The minimum absolute atomic E-state index is 0.0761. The molecule has 0 saturated carbocycles. The molecule has 23 heavy (non-hydrogen) atoms. The van der Waals surface area contributed by atoms with E-state index in [2.05, 4.69) is 16.2 Å². The third-order valence-electron chi connectivity index (χ3n) is 3.71. The zero-order valence-corrected chi connectivity index (χ0v) is 12.9. The normalized spacial score (nSPS) is 23.6. The van der Waals surface area contributed by atoms with E-state index >= 15 is 0 Å². The van der Waals surface area contributed by atoms with Gasteiger partial charge < -0.3 is 24.6 Å². The SMILES string of the molecule is CC1CC(C(=O)NCC(O)COc2ccc3c(c2)OCO3)NN1. The second kappa shape index (κ2) is 7.03. The van der Waals surface area contributed by atoms with Gasteiger partial charge >= 0.3 is 0 Å². The number of hydrazine groups is 1. The van der Waals surface area contributed by atoms with Gasteiger partial charge in [-0.3, -0.25) is 10.2 Å². The summed E-state index contributed by atoms with van der Waals surface area (Å²) in [4.78, 5) is 11.9. The maximum atomic E-state index is 11.9. The van der Waals surface area contributed by atoms with E-state index in [1.807, 2.05) is 6.92 Å². The molecule has 8 heteroatoms. The molecule has 2 aliphatic rings. The lowest BCUT2D eigenvalue weighted by molar-refractivity contribution is -0.123. The standard InChI is InChI=1S/C15H21N3O5/c1-9-4-12(18-17-9)15(20)16-6-10(19)7-21-11-2-3-13-14(5-11)23-8-22-13/h2-3,5,9-10,12,17-19H,4,6-8H2,1H3,(H,16,20). The highest BCUT2D eigenvalue weighted by atomic mass is 16.7. The number of carbonyl (C=O) groups is 1. The summed E-state index contributed by atoms with van der Waals surface area (Å²) in [6.07, 6.45) is -0.0773. The first-order valence-corrected chi connectivity index (χ1v) is 7.61. The highest BCUT2D eigenvalue weighted by molar-refractivity contribution is 5.82. The van der Waals surface area contributed by atoms with E-state index < -0.39 is 6.10 Å². The van der Waals surface area contributed by atoms with Crippen molar-refractivity contribution in [2.75, 3.05) is 19.9 Å². The van der Waals surface area contributed by atoms with Crippen LogP contribution in [0.15, 0.2) is 18.2 Å². The molecule has 0 spiro atoms. The zero-order chi connectivity index (χ0) is 16.2. The van der Waals surface area contributed by atoms with Crippen LogP contribution < -0.4 is 30.4 Å². The van der Waals surface area contributed by atoms with Gasteiger partial charge in [0.05, 0.1) is 0 Å². The van der Waals surface area contributed by atoms with Crippen LogP contribution in [-0.4, -0.2) is 49.1 Å². The second-order valence-electron chi connectivity index (χ2n) is 5.70. The third kappa shape index (κ3) is 4.04. The van der Waals surface area contributed by atoms with Gasteiger partial charge in [-0.1, -0.05) is 0 Å². The van der Waals surface area contributed by atoms with Crippen molar-refractivity contribution in [1.29, 1.82) is 0 Å². The molecule has 0 aliphatic carbocycles. The predicted molar refractivity (Wildman–Crippen MR) is 81.2 cm³/mol. The quantitative estimate of drug-likeness (QED) is 0.561. The van der Waals surface area contributed by atoms with Crippen LogP contribution in [0.2, 0.25) is 0 Å². The van der Waals surface area contributed by atoms with Crippen LogP contribution in [0.1, 0.15) is 13.3 Å². The number of nitrogens with one attached hydrogen (secondary N) is 3. The van der Waals surface area contributed by atoms with Crippen molar-refractivity contribution in [1.82, 2.24) is 16.2 Å². The molecule has 1 saturated heterocycles. The Morgan fingerprint density at radius 1 is 1.43 bits per heavy atom. The monoisotopic (exact) mass is 323 g/mol. The summed E-state index contributed by atoms with van der Waals surface area (Å²) < 4.78 is 16.0. The lowest BCUT2D eigenvalue weighted by atomic mass is 10.1. The summed E-state index contributed by atoms with van der Waals surface area (Å²) >= 11 is 0. The van der Waals surface area contributed by atoms with Crippen LogP contribution in [0.4, 0.5) is 0 Å². The molecule has 3 unspecified atom stereocenters. The van der Waals surface area contributed by atoms with Crippen LogP contribution in [0.3, 0.4) is 0 Å². The number of hydrogen-bond donors (Lipinski definition) is 4. The van der Waals surface area contributed by atoms with Gasteiger partial charge in [0.2, 0.25) is 12.7 Å². The van der Waals surface area contributed by atoms with Gasteiger partial charge in [-0.05, 0) is 25.5 Å². The van der Waals surface area contributed by atoms with E-state index in [4.69, 9.17) is 14.2 Å². The van der Waals surface area contributed by atoms with Gasteiger partial charge in [0.1, 0.15) is 24.5 Å². The van der Waals surface area contributed by atoms with Gasteiger partial charge in [-0.2, -0.15) is 0 Å². The predicted octanol–water partition coefficient (Wildman–Crippen LogP) is -0.474. The zero-order valence-electron chi connectivity index (χ0n) is 12.9. The first-order valence-electron chi connectivity index (χ1n) is 7.61. The number of fused-ring (bicyclic) bond motifs is 1. The van der Waals surface area contributed by atoms with E-state index in [1.165, 1.54) is 0 Å². The van der Waals surface area contributed by atoms with Crippen molar-refractivity contribution < 1.29 is 24.1 Å². The number of ether oxygens (including phenoxy) is 3. The number of benzene rings is 1. The van der Waals surface area contributed by atoms with E-state index in [0.29, 0.717) is 17.2 Å². The number of aliphatic hydroxyl groups is 1. The number of aliphatic hydroxyl groups excluding tert-OH is 1. The Kier molecular flexibility index (Phi) is 4.85. The lowest BCUT2D eigenvalue weighted by Gasteiger charge is -2.15. The smallest absolute Gasteiger partial charge is 0.238 e. The van der Waals surface area contributed by atoms with E-state index in [-0.39, 0.29) is 37.9 Å². The molecule has 0 radical (unpaired) electrons. The van der Waals surface area contributed by atoms with E-state index in [1.54, 1.807) is 18.2 Å². The van der Waals surface area contributed by atoms with Gasteiger partial charge in [0.25, 0.3) is 0 Å². The molecule has 0 bridgehead atoms. The van der Waals surface area contributed by atoms with Gasteiger partial charge in [0, 0.05) is 18.7 Å². The maximum absolute atomic E-state index is 11.9. The fraction of sp³-hybridized carbons (Fsp3) is 0.533. The molecule has 2 heterocycles. The van der Waals surface area contributed by atoms with Gasteiger partial charge in [-0.25, -0.2) is 5.43 Å². The molecule has 0 aromatic heterocycles. The molecule has 1 fully saturated rings. The molecule has 4 N–H and O–H groups in total. The van der Waals surface area contributed by atoms with Crippen LogP contribution in [-0.2, 0) is 4.79 Å². The molecule has 1 aromatic carbocycles. The Morgan fingerprint density at radius 3 is 3.04 bits per heavy atom. The summed E-state index contributed by atoms with van der Waals surface area (Å²) in [5.74, 6) is 1.75. The summed E-state index contributed by atoms with van der Waals surface area (Å²) in [7, 11) is 0. The summed E-state index contributed by atoms with van der Waals surface area (Å²) in [5, 5.41) is 12.6. The Hall–Kier alpha value is -2.03. The molecule has 1 amide bonds. The largest absolute Gasteiger partial charge is 0.491 e. The highest BCUT2D eigenvalue weighted by Gasteiger charge is 2.26. The summed E-state index contributed by atoms with van der Waals surface area (Å²) in [6.45, 7) is 2.41. The average Bonchev–Trinajstić information content (AvgIpc) is 3.18. The summed E-state index contributed by atoms with van der Waals surface area (Å²) in [6, 6.07) is 5.19. The van der Waals surface area contributed by atoms with E-state index in [9.17, 15) is 9.90 Å². The number of carbonyl (C=O) groups excluding carboxylic acids is 1. The second-order valence-corrected chi connectivity index (χ2v) is 5.70. The average molecular weight is 323 g/mol. The first kappa shape index (κ1) is 15.9. The number of rotatable bonds is 6. The van der Waals surface area contributed by atoms with Crippen LogP contribution >= 0.6 is 0 Å². The maximum Gasteiger partial charge on any atom is 0.238 e. The van der Waals surface area contributed by atoms with Crippen LogP contribution in [0.25, 0.3) is 0 Å². The fourth-order valence-electron chi connectivity index (χ4n) is 2.45. The molecule has 3 rings (SSSR count). The third-order valence-corrected chi connectivity index (χ3v) is 3.71. The van der Waals surface area contributed by atoms with Crippen LogP contribution in [0, 0.1) is 0 Å². The van der Waals surface area contributed by atoms with Crippen molar-refractivity contribution in [2.45, 2.75) is 31.5 Å². The van der Waals surface area contributed by atoms with E-state index in [0.717, 1.165) is 6.42 Å². The summed E-state index contributed by atoms with van der Waals surface area (Å²) in [5.41, 5.74) is 5.90. The van der Waals surface area contributed by atoms with Crippen molar-refractivity contribution >= 4 is 5.91 Å². The Morgan fingerprint density at radius 2 is 2.26 bits per heavy atom. The minimum atomic E-state index is -0.795.